The monoisotopic (exact) mass is 362 g/mol. The van der Waals surface area contributed by atoms with Crippen LogP contribution in [0.25, 0.3) is 22.0 Å². The van der Waals surface area contributed by atoms with E-state index in [0.29, 0.717) is 12.2 Å². The number of nitrogens with one attached hydrogen (secondary N) is 1. The second-order valence-corrected chi connectivity index (χ2v) is 7.06. The Hall–Kier alpha value is -2.59. The minimum Gasteiger partial charge on any atom is -0.461 e. The molecule has 1 N–H and O–H groups in total. The normalized spacial score (nSPS) is 12.9. The van der Waals surface area contributed by atoms with Crippen molar-refractivity contribution in [3.63, 3.8) is 0 Å². The summed E-state index contributed by atoms with van der Waals surface area (Å²) in [6, 6.07) is 14.4. The first-order valence-electron chi connectivity index (χ1n) is 9.83. The number of aryl methyl sites for hydroxylation is 2. The van der Waals surface area contributed by atoms with E-state index in [1.807, 2.05) is 18.2 Å². The number of likely N-dealkylation sites (N-methyl/N-ethyl adjacent to an activating group) is 1. The highest BCUT2D eigenvalue weighted by atomic mass is 16.5. The van der Waals surface area contributed by atoms with Crippen LogP contribution in [0.2, 0.25) is 0 Å². The van der Waals surface area contributed by atoms with Gasteiger partial charge in [-0.3, -0.25) is 0 Å². The Bertz CT molecular complexity index is 970. The first-order valence-corrected chi connectivity index (χ1v) is 9.83. The van der Waals surface area contributed by atoms with E-state index in [1.165, 1.54) is 22.4 Å². The lowest BCUT2D eigenvalue weighted by atomic mass is 9.88. The summed E-state index contributed by atoms with van der Waals surface area (Å²) in [6.45, 7) is 7.36. The van der Waals surface area contributed by atoms with E-state index < -0.39 is 0 Å². The molecule has 0 spiro atoms. The maximum atomic E-state index is 12.5. The predicted octanol–water partition coefficient (Wildman–Crippen LogP) is 4.43. The molecule has 0 fully saturated rings. The van der Waals surface area contributed by atoms with Crippen LogP contribution >= 0.6 is 0 Å². The predicted molar refractivity (Wildman–Crippen MR) is 109 cm³/mol. The van der Waals surface area contributed by atoms with Gasteiger partial charge in [-0.2, -0.15) is 0 Å². The van der Waals surface area contributed by atoms with Gasteiger partial charge in [0.05, 0.1) is 5.56 Å². The van der Waals surface area contributed by atoms with E-state index in [2.05, 4.69) is 48.0 Å². The molecule has 0 amide bonds. The number of nitrogens with zero attached hydrogens (tertiary/aromatic N) is 1. The van der Waals surface area contributed by atoms with Gasteiger partial charge in [0, 0.05) is 28.7 Å². The van der Waals surface area contributed by atoms with Crippen molar-refractivity contribution < 1.29 is 9.53 Å². The van der Waals surface area contributed by atoms with E-state index in [0.717, 1.165) is 43.4 Å². The highest BCUT2D eigenvalue weighted by Crippen LogP contribution is 2.39. The minimum atomic E-state index is -0.247. The molecule has 1 heterocycles. The van der Waals surface area contributed by atoms with Crippen molar-refractivity contribution in [1.82, 2.24) is 9.88 Å². The SMILES string of the molecule is CCN(CC)CCOC(=O)c1ccc2[nH]c3c(c2c1)-c1ccccc1CC3. The summed E-state index contributed by atoms with van der Waals surface area (Å²) in [6.07, 6.45) is 2.06. The van der Waals surface area contributed by atoms with Gasteiger partial charge in [-0.15, -0.1) is 0 Å². The zero-order valence-corrected chi connectivity index (χ0v) is 16.0. The number of carbonyl (C=O) groups excluding carboxylic acids is 1. The van der Waals surface area contributed by atoms with Crippen LogP contribution in [0.5, 0.6) is 0 Å². The number of carbonyl (C=O) groups is 1. The highest BCUT2D eigenvalue weighted by molar-refractivity contribution is 6.03. The van der Waals surface area contributed by atoms with Gasteiger partial charge in [-0.1, -0.05) is 38.1 Å². The molecule has 3 aromatic rings. The molecule has 1 aliphatic carbocycles. The largest absolute Gasteiger partial charge is 0.461 e. The molecule has 0 atom stereocenters. The standard InChI is InChI=1S/C23H26N2O2/c1-3-25(4-2)13-14-27-23(26)17-10-11-20-19(15-17)22-18-8-6-5-7-16(18)9-12-21(22)24-20/h5-8,10-11,15,24H,3-4,9,12-14H2,1-2H3. The van der Waals surface area contributed by atoms with Crippen LogP contribution in [-0.4, -0.2) is 42.1 Å². The van der Waals surface area contributed by atoms with Gasteiger partial charge in [-0.25, -0.2) is 4.79 Å². The molecule has 1 aromatic heterocycles. The van der Waals surface area contributed by atoms with Gasteiger partial charge in [-0.05, 0) is 55.3 Å². The molecule has 0 unspecified atom stereocenters. The van der Waals surface area contributed by atoms with Crippen molar-refractivity contribution in [2.24, 2.45) is 0 Å². The van der Waals surface area contributed by atoms with Crippen LogP contribution in [0.1, 0.15) is 35.5 Å². The number of ether oxygens (including phenoxy) is 1. The minimum absolute atomic E-state index is 0.247. The van der Waals surface area contributed by atoms with Crippen molar-refractivity contribution >= 4 is 16.9 Å². The number of aromatic nitrogens is 1. The number of H-pyrrole nitrogens is 1. The van der Waals surface area contributed by atoms with Crippen LogP contribution in [0.3, 0.4) is 0 Å². The summed E-state index contributed by atoms with van der Waals surface area (Å²) in [5, 5.41) is 1.11. The van der Waals surface area contributed by atoms with E-state index >= 15 is 0 Å². The Labute approximate surface area is 160 Å². The number of hydrogen-bond acceptors (Lipinski definition) is 3. The topological polar surface area (TPSA) is 45.3 Å². The Balaban J connectivity index is 1.61. The Kier molecular flexibility index (Phi) is 4.99. The molecule has 0 bridgehead atoms. The first-order chi connectivity index (χ1) is 13.2. The summed E-state index contributed by atoms with van der Waals surface area (Å²) in [7, 11) is 0. The van der Waals surface area contributed by atoms with Crippen LogP contribution < -0.4 is 0 Å². The zero-order chi connectivity index (χ0) is 18.8. The highest BCUT2D eigenvalue weighted by Gasteiger charge is 2.21. The smallest absolute Gasteiger partial charge is 0.338 e. The average Bonchev–Trinajstić information content (AvgIpc) is 3.09. The van der Waals surface area contributed by atoms with Crippen LogP contribution in [0, 0.1) is 0 Å². The number of hydrogen-bond donors (Lipinski definition) is 1. The lowest BCUT2D eigenvalue weighted by molar-refractivity contribution is 0.0466. The summed E-state index contributed by atoms with van der Waals surface area (Å²) in [4.78, 5) is 18.3. The van der Waals surface area contributed by atoms with Gasteiger partial charge < -0.3 is 14.6 Å². The molecule has 140 valence electrons. The third-order valence-electron chi connectivity index (χ3n) is 5.58. The second kappa shape index (κ2) is 7.57. The number of esters is 1. The fourth-order valence-corrected chi connectivity index (χ4v) is 4.00. The molecule has 27 heavy (non-hydrogen) atoms. The van der Waals surface area contributed by atoms with Crippen LogP contribution in [0.15, 0.2) is 42.5 Å². The molecule has 0 radical (unpaired) electrons. The summed E-state index contributed by atoms with van der Waals surface area (Å²) in [5.41, 5.74) is 6.85. The molecule has 0 saturated heterocycles. The number of aromatic amines is 1. The van der Waals surface area contributed by atoms with Crippen LogP contribution in [0.4, 0.5) is 0 Å². The Morgan fingerprint density at radius 1 is 1.11 bits per heavy atom. The van der Waals surface area contributed by atoms with E-state index in [4.69, 9.17) is 4.74 Å². The molecule has 4 nitrogen and oxygen atoms in total. The summed E-state index contributed by atoms with van der Waals surface area (Å²) < 4.78 is 5.51. The van der Waals surface area contributed by atoms with Crippen LogP contribution in [-0.2, 0) is 17.6 Å². The van der Waals surface area contributed by atoms with Crippen molar-refractivity contribution in [3.8, 4) is 11.1 Å². The molecule has 4 heteroatoms. The third-order valence-corrected chi connectivity index (χ3v) is 5.58. The first kappa shape index (κ1) is 17.8. The molecule has 2 aromatic carbocycles. The Morgan fingerprint density at radius 2 is 1.93 bits per heavy atom. The Morgan fingerprint density at radius 3 is 2.74 bits per heavy atom. The molecule has 0 saturated carbocycles. The average molecular weight is 362 g/mol. The summed E-state index contributed by atoms with van der Waals surface area (Å²) >= 11 is 0. The molecule has 0 aliphatic heterocycles. The van der Waals surface area contributed by atoms with Crippen molar-refractivity contribution in [1.29, 1.82) is 0 Å². The molecule has 4 rings (SSSR count). The van der Waals surface area contributed by atoms with Gasteiger partial charge in [0.15, 0.2) is 0 Å². The lowest BCUT2D eigenvalue weighted by Crippen LogP contribution is -2.27. The summed E-state index contributed by atoms with van der Waals surface area (Å²) in [5.74, 6) is -0.247. The maximum absolute atomic E-state index is 12.5. The van der Waals surface area contributed by atoms with E-state index in [-0.39, 0.29) is 5.97 Å². The molecule has 1 aliphatic rings. The van der Waals surface area contributed by atoms with Crippen molar-refractivity contribution in [2.75, 3.05) is 26.2 Å². The van der Waals surface area contributed by atoms with Gasteiger partial charge >= 0.3 is 5.97 Å². The van der Waals surface area contributed by atoms with Gasteiger partial charge in [0.2, 0.25) is 0 Å². The zero-order valence-electron chi connectivity index (χ0n) is 16.0. The lowest BCUT2D eigenvalue weighted by Gasteiger charge is -2.17. The number of rotatable bonds is 6. The number of benzene rings is 2. The molecular weight excluding hydrogens is 336 g/mol. The van der Waals surface area contributed by atoms with E-state index in [9.17, 15) is 4.79 Å². The third kappa shape index (κ3) is 3.37. The second-order valence-electron chi connectivity index (χ2n) is 7.06. The van der Waals surface area contributed by atoms with E-state index in [1.54, 1.807) is 0 Å². The maximum Gasteiger partial charge on any atom is 0.338 e. The fraction of sp³-hybridized carbons (Fsp3) is 0.348. The van der Waals surface area contributed by atoms with Gasteiger partial charge in [0.25, 0.3) is 0 Å². The number of fused-ring (bicyclic) bond motifs is 5. The van der Waals surface area contributed by atoms with Crippen molar-refractivity contribution in [3.05, 3.63) is 59.3 Å². The van der Waals surface area contributed by atoms with Gasteiger partial charge in [0.1, 0.15) is 6.61 Å². The quantitative estimate of drug-likeness (QED) is 0.660. The van der Waals surface area contributed by atoms with Crippen molar-refractivity contribution in [2.45, 2.75) is 26.7 Å². The fourth-order valence-electron chi connectivity index (χ4n) is 4.00. The molecular formula is C23H26N2O2.